The van der Waals surface area contributed by atoms with Crippen molar-refractivity contribution in [3.63, 3.8) is 0 Å². The van der Waals surface area contributed by atoms with Crippen molar-refractivity contribution in [1.29, 1.82) is 0 Å². The first kappa shape index (κ1) is 27.2. The molecule has 1 fully saturated rings. The minimum atomic E-state index is -4.77. The lowest BCUT2D eigenvalue weighted by molar-refractivity contribution is -0.139. The summed E-state index contributed by atoms with van der Waals surface area (Å²) in [4.78, 5) is 11.1. The van der Waals surface area contributed by atoms with Gasteiger partial charge in [0.2, 0.25) is 5.95 Å². The molecule has 0 saturated carbocycles. The van der Waals surface area contributed by atoms with Crippen LogP contribution in [0.3, 0.4) is 0 Å². The van der Waals surface area contributed by atoms with Gasteiger partial charge in [-0.15, -0.1) is 24.8 Å². The molecule has 1 aliphatic rings. The van der Waals surface area contributed by atoms with Crippen molar-refractivity contribution in [2.45, 2.75) is 44.8 Å². The number of alkyl halides is 3. The van der Waals surface area contributed by atoms with E-state index in [0.29, 0.717) is 6.04 Å². The van der Waals surface area contributed by atoms with E-state index < -0.39 is 17.6 Å². The Labute approximate surface area is 191 Å². The average Bonchev–Trinajstić information content (AvgIpc) is 3.16. The van der Waals surface area contributed by atoms with Crippen molar-refractivity contribution in [2.75, 3.05) is 30.4 Å². The third-order valence-electron chi connectivity index (χ3n) is 5.00. The van der Waals surface area contributed by atoms with Crippen LogP contribution in [0, 0.1) is 5.82 Å². The van der Waals surface area contributed by atoms with Crippen molar-refractivity contribution in [3.8, 4) is 0 Å². The van der Waals surface area contributed by atoms with E-state index in [-0.39, 0.29) is 36.4 Å². The number of anilines is 3. The summed E-state index contributed by atoms with van der Waals surface area (Å²) < 4.78 is 52.5. The third kappa shape index (κ3) is 7.08. The van der Waals surface area contributed by atoms with E-state index in [0.717, 1.165) is 62.4 Å². The summed E-state index contributed by atoms with van der Waals surface area (Å²) in [6.45, 7) is 3.72. The molecule has 3 rings (SSSR count). The van der Waals surface area contributed by atoms with Crippen molar-refractivity contribution in [1.82, 2.24) is 15.3 Å². The molecule has 31 heavy (non-hydrogen) atoms. The van der Waals surface area contributed by atoms with E-state index in [4.69, 9.17) is 0 Å². The number of aryl methyl sites for hydroxylation is 1. The highest BCUT2D eigenvalue weighted by Crippen LogP contribution is 2.33. The summed E-state index contributed by atoms with van der Waals surface area (Å²) in [5.41, 5.74) is -0.404. The van der Waals surface area contributed by atoms with Gasteiger partial charge in [-0.25, -0.2) is 9.37 Å². The molecule has 0 spiro atoms. The molecule has 0 aliphatic carbocycles. The second-order valence-electron chi connectivity index (χ2n) is 7.18. The number of halogens is 6. The molecule has 0 unspecified atom stereocenters. The van der Waals surface area contributed by atoms with Gasteiger partial charge in [-0.3, -0.25) is 0 Å². The quantitative estimate of drug-likeness (QED) is 0.519. The maximum absolute atomic E-state index is 13.6. The monoisotopic (exact) mass is 483 g/mol. The predicted molar refractivity (Wildman–Crippen MR) is 120 cm³/mol. The summed E-state index contributed by atoms with van der Waals surface area (Å²) in [7, 11) is 1.92. The Balaban J connectivity index is 0.00000240. The van der Waals surface area contributed by atoms with Gasteiger partial charge in [0.15, 0.2) is 0 Å². The normalized spacial score (nSPS) is 15.9. The predicted octanol–water partition coefficient (Wildman–Crippen LogP) is 5.36. The molecule has 2 aromatic rings. The fourth-order valence-corrected chi connectivity index (χ4v) is 3.34. The van der Waals surface area contributed by atoms with Gasteiger partial charge in [0.25, 0.3) is 0 Å². The van der Waals surface area contributed by atoms with Crippen LogP contribution in [-0.4, -0.2) is 36.1 Å². The van der Waals surface area contributed by atoms with Crippen molar-refractivity contribution >= 4 is 42.3 Å². The molecule has 174 valence electrons. The molecule has 2 heterocycles. The van der Waals surface area contributed by atoms with E-state index in [2.05, 4.69) is 32.4 Å². The molecule has 2 N–H and O–H groups in total. The van der Waals surface area contributed by atoms with Gasteiger partial charge in [0.1, 0.15) is 11.6 Å². The minimum absolute atomic E-state index is 0. The molecule has 1 aliphatic heterocycles. The highest BCUT2D eigenvalue weighted by Gasteiger charge is 2.34. The Kier molecular flexibility index (Phi) is 10.3. The van der Waals surface area contributed by atoms with Crippen molar-refractivity contribution < 1.29 is 17.6 Å². The zero-order valence-electron chi connectivity index (χ0n) is 17.3. The first-order valence-electron chi connectivity index (χ1n) is 9.74. The first-order valence-corrected chi connectivity index (χ1v) is 9.74. The summed E-state index contributed by atoms with van der Waals surface area (Å²) in [5.74, 6) is -0.359. The lowest BCUT2D eigenvalue weighted by Crippen LogP contribution is -2.30. The van der Waals surface area contributed by atoms with Crippen molar-refractivity contribution in [2.24, 2.45) is 0 Å². The van der Waals surface area contributed by atoms with E-state index in [9.17, 15) is 17.6 Å². The van der Waals surface area contributed by atoms with E-state index in [1.165, 1.54) is 6.07 Å². The van der Waals surface area contributed by atoms with Gasteiger partial charge in [0.05, 0.1) is 5.56 Å². The smallest absolute Gasteiger partial charge is 0.355 e. The Morgan fingerprint density at radius 1 is 1.16 bits per heavy atom. The standard InChI is InChI=1S/C20H25F4N5.2ClH/c1-3-4-5-13-11-18(29-9-8-15(12-29)25-2)28-19(26-13)27-14-6-7-17(21)16(10-14)20(22,23)24;;/h6-7,10-11,15,25H,3-5,8-9,12H2,1-2H3,(H,26,27,28);2*1H/t15-;;/m0../s1. The van der Waals surface area contributed by atoms with E-state index in [1.54, 1.807) is 0 Å². The van der Waals surface area contributed by atoms with Gasteiger partial charge < -0.3 is 15.5 Å². The molecule has 11 heteroatoms. The molecule has 1 aromatic heterocycles. The van der Waals surface area contributed by atoms with Crippen LogP contribution < -0.4 is 15.5 Å². The summed E-state index contributed by atoms with van der Waals surface area (Å²) in [6, 6.07) is 5.09. The summed E-state index contributed by atoms with van der Waals surface area (Å²) in [5, 5.41) is 6.07. The molecular formula is C20H27Cl2F4N5. The number of unbranched alkanes of at least 4 members (excludes halogenated alkanes) is 1. The summed E-state index contributed by atoms with van der Waals surface area (Å²) in [6.07, 6.45) is -1.08. The Bertz CT molecular complexity index is 851. The van der Waals surface area contributed by atoms with Crippen LogP contribution in [0.5, 0.6) is 0 Å². The molecule has 1 atom stereocenters. The van der Waals surface area contributed by atoms with Crippen LogP contribution in [0.1, 0.15) is 37.4 Å². The molecule has 0 bridgehead atoms. The Hall–Kier alpha value is -1.84. The van der Waals surface area contributed by atoms with E-state index >= 15 is 0 Å². The van der Waals surface area contributed by atoms with Crippen LogP contribution in [0.4, 0.5) is 35.0 Å². The highest BCUT2D eigenvalue weighted by molar-refractivity contribution is 5.85. The largest absolute Gasteiger partial charge is 0.419 e. The number of hydrogen-bond donors (Lipinski definition) is 2. The Morgan fingerprint density at radius 2 is 1.90 bits per heavy atom. The van der Waals surface area contributed by atoms with Gasteiger partial charge in [-0.05, 0) is 44.5 Å². The number of aromatic nitrogens is 2. The van der Waals surface area contributed by atoms with Crippen LogP contribution >= 0.6 is 24.8 Å². The van der Waals surface area contributed by atoms with Crippen LogP contribution in [0.25, 0.3) is 0 Å². The topological polar surface area (TPSA) is 53.1 Å². The number of nitrogens with zero attached hydrogens (tertiary/aromatic N) is 3. The zero-order valence-corrected chi connectivity index (χ0v) is 18.9. The molecular weight excluding hydrogens is 457 g/mol. The SMILES string of the molecule is CCCCc1cc(N2CC[C@H](NC)C2)nc(Nc2ccc(F)c(C(F)(F)F)c2)n1.Cl.Cl. The summed E-state index contributed by atoms with van der Waals surface area (Å²) >= 11 is 0. The Morgan fingerprint density at radius 3 is 2.52 bits per heavy atom. The molecule has 0 amide bonds. The van der Waals surface area contributed by atoms with Crippen LogP contribution in [-0.2, 0) is 12.6 Å². The molecule has 1 saturated heterocycles. The van der Waals surface area contributed by atoms with Crippen LogP contribution in [0.2, 0.25) is 0 Å². The molecule has 5 nitrogen and oxygen atoms in total. The number of rotatable bonds is 7. The molecule has 0 radical (unpaired) electrons. The second kappa shape index (κ2) is 11.7. The lowest BCUT2D eigenvalue weighted by atomic mass is 10.2. The van der Waals surface area contributed by atoms with Crippen LogP contribution in [0.15, 0.2) is 24.3 Å². The van der Waals surface area contributed by atoms with Crippen molar-refractivity contribution in [3.05, 3.63) is 41.3 Å². The van der Waals surface area contributed by atoms with Gasteiger partial charge in [0, 0.05) is 36.6 Å². The fraction of sp³-hybridized carbons (Fsp3) is 0.500. The fourth-order valence-electron chi connectivity index (χ4n) is 3.34. The lowest BCUT2D eigenvalue weighted by Gasteiger charge is -2.19. The second-order valence-corrected chi connectivity index (χ2v) is 7.18. The number of benzene rings is 1. The van der Waals surface area contributed by atoms with E-state index in [1.807, 2.05) is 13.1 Å². The average molecular weight is 484 g/mol. The maximum Gasteiger partial charge on any atom is 0.419 e. The third-order valence-corrected chi connectivity index (χ3v) is 5.00. The minimum Gasteiger partial charge on any atom is -0.355 e. The number of likely N-dealkylation sites (N-methyl/N-ethyl adjacent to an activating group) is 1. The first-order chi connectivity index (χ1) is 13.8. The highest BCUT2D eigenvalue weighted by atomic mass is 35.5. The number of hydrogen-bond acceptors (Lipinski definition) is 5. The number of nitrogens with one attached hydrogen (secondary N) is 2. The van der Waals surface area contributed by atoms with Gasteiger partial charge in [-0.2, -0.15) is 18.2 Å². The van der Waals surface area contributed by atoms with Gasteiger partial charge in [-0.1, -0.05) is 13.3 Å². The zero-order chi connectivity index (χ0) is 21.0. The molecule has 1 aromatic carbocycles. The van der Waals surface area contributed by atoms with Gasteiger partial charge >= 0.3 is 6.18 Å². The maximum atomic E-state index is 13.6.